The molecule has 0 saturated carbocycles. The number of benzene rings is 2. The molecule has 1 saturated heterocycles. The first-order chi connectivity index (χ1) is 12.2. The zero-order chi connectivity index (χ0) is 17.5. The zero-order valence-corrected chi connectivity index (χ0v) is 17.3. The van der Waals surface area contributed by atoms with E-state index in [4.69, 9.17) is 13.6 Å². The van der Waals surface area contributed by atoms with Gasteiger partial charge >= 0.3 is 0 Å². The molecule has 5 heteroatoms. The van der Waals surface area contributed by atoms with Crippen molar-refractivity contribution < 1.29 is 13.6 Å². The Balaban J connectivity index is 1.63. The summed E-state index contributed by atoms with van der Waals surface area (Å²) in [6, 6.07) is 22.6. The molecule has 1 aliphatic rings. The first-order valence-corrected chi connectivity index (χ1v) is 14.0. The predicted octanol–water partition coefficient (Wildman–Crippen LogP) is 2.55. The SMILES string of the molecule is C[SiH](O[Si](C)(CCCOCC1CO1)c1ccccc1)c1ccccc1. The zero-order valence-electron chi connectivity index (χ0n) is 15.2. The van der Waals surface area contributed by atoms with Crippen LogP contribution < -0.4 is 10.4 Å². The Morgan fingerprint density at radius 3 is 2.36 bits per heavy atom. The lowest BCUT2D eigenvalue weighted by molar-refractivity contribution is 0.116. The Hall–Kier alpha value is -1.25. The van der Waals surface area contributed by atoms with Crippen LogP contribution in [0.15, 0.2) is 60.7 Å². The van der Waals surface area contributed by atoms with Crippen LogP contribution in [0.3, 0.4) is 0 Å². The highest BCUT2D eigenvalue weighted by molar-refractivity contribution is 6.91. The van der Waals surface area contributed by atoms with Crippen LogP contribution in [0.2, 0.25) is 19.1 Å². The molecular weight excluding hydrogens is 344 g/mol. The third kappa shape index (κ3) is 5.62. The van der Waals surface area contributed by atoms with Gasteiger partial charge in [0.15, 0.2) is 9.04 Å². The molecule has 0 aliphatic carbocycles. The van der Waals surface area contributed by atoms with Gasteiger partial charge in [-0.3, -0.25) is 0 Å². The van der Waals surface area contributed by atoms with Crippen molar-refractivity contribution in [1.82, 2.24) is 0 Å². The molecule has 25 heavy (non-hydrogen) atoms. The van der Waals surface area contributed by atoms with Gasteiger partial charge in [0.05, 0.1) is 13.2 Å². The van der Waals surface area contributed by atoms with Crippen LogP contribution in [0.5, 0.6) is 0 Å². The largest absolute Gasteiger partial charge is 0.451 e. The van der Waals surface area contributed by atoms with Crippen molar-refractivity contribution in [3.8, 4) is 0 Å². The Morgan fingerprint density at radius 1 is 1.08 bits per heavy atom. The number of ether oxygens (including phenoxy) is 2. The Labute approximate surface area is 153 Å². The molecule has 0 amide bonds. The molecule has 0 aromatic heterocycles. The van der Waals surface area contributed by atoms with E-state index in [2.05, 4.69) is 73.8 Å². The van der Waals surface area contributed by atoms with Gasteiger partial charge in [0, 0.05) is 6.61 Å². The van der Waals surface area contributed by atoms with Crippen LogP contribution in [-0.2, 0) is 13.6 Å². The summed E-state index contributed by atoms with van der Waals surface area (Å²) in [5, 5.41) is 2.76. The van der Waals surface area contributed by atoms with E-state index in [1.165, 1.54) is 10.4 Å². The summed E-state index contributed by atoms with van der Waals surface area (Å²) in [5.41, 5.74) is 0. The van der Waals surface area contributed by atoms with Crippen molar-refractivity contribution in [2.45, 2.75) is 31.7 Å². The average Bonchev–Trinajstić information content (AvgIpc) is 3.47. The second-order valence-electron chi connectivity index (χ2n) is 6.90. The van der Waals surface area contributed by atoms with E-state index in [-0.39, 0.29) is 0 Å². The predicted molar refractivity (Wildman–Crippen MR) is 108 cm³/mol. The molecule has 0 N–H and O–H groups in total. The fourth-order valence-corrected chi connectivity index (χ4v) is 10.6. The molecule has 2 aromatic carbocycles. The molecule has 3 unspecified atom stereocenters. The number of hydrogen-bond donors (Lipinski definition) is 0. The minimum Gasteiger partial charge on any atom is -0.451 e. The molecule has 3 rings (SSSR count). The minimum absolute atomic E-state index is 0.347. The van der Waals surface area contributed by atoms with E-state index >= 15 is 0 Å². The summed E-state index contributed by atoms with van der Waals surface area (Å²) in [6.07, 6.45) is 1.39. The van der Waals surface area contributed by atoms with Gasteiger partial charge in [-0.05, 0) is 35.9 Å². The van der Waals surface area contributed by atoms with E-state index in [0.29, 0.717) is 6.10 Å². The monoisotopic (exact) mass is 372 g/mol. The van der Waals surface area contributed by atoms with E-state index in [0.717, 1.165) is 32.3 Å². The van der Waals surface area contributed by atoms with Crippen molar-refractivity contribution in [2.75, 3.05) is 19.8 Å². The highest BCUT2D eigenvalue weighted by Gasteiger charge is 2.33. The standard InChI is InChI=1S/C20H28O3Si2/c1-24(19-10-5-3-6-11-19)23-25(2,20-12-7-4-8-13-20)15-9-14-21-16-18-17-22-18/h3-8,10-13,18,24H,9,14-17H2,1-2H3. The second kappa shape index (κ2) is 8.91. The molecule has 1 aliphatic heterocycles. The summed E-state index contributed by atoms with van der Waals surface area (Å²) in [7, 11) is -3.40. The molecular formula is C20H28O3Si2. The minimum atomic E-state index is -1.98. The molecule has 134 valence electrons. The van der Waals surface area contributed by atoms with Crippen LogP contribution in [0.25, 0.3) is 0 Å². The van der Waals surface area contributed by atoms with Crippen molar-refractivity contribution in [3.63, 3.8) is 0 Å². The van der Waals surface area contributed by atoms with Gasteiger partial charge < -0.3 is 13.6 Å². The van der Waals surface area contributed by atoms with Crippen molar-refractivity contribution in [3.05, 3.63) is 60.7 Å². The molecule has 1 heterocycles. The summed E-state index contributed by atoms with van der Waals surface area (Å²) in [6.45, 7) is 7.04. The molecule has 3 atom stereocenters. The normalized spacial score (nSPS) is 20.0. The van der Waals surface area contributed by atoms with Crippen molar-refractivity contribution in [1.29, 1.82) is 0 Å². The van der Waals surface area contributed by atoms with Crippen LogP contribution in [-0.4, -0.2) is 43.3 Å². The van der Waals surface area contributed by atoms with Gasteiger partial charge in [-0.2, -0.15) is 0 Å². The molecule has 0 radical (unpaired) electrons. The summed E-state index contributed by atoms with van der Waals surface area (Å²) in [5.74, 6) is 0. The van der Waals surface area contributed by atoms with Crippen LogP contribution >= 0.6 is 0 Å². The maximum atomic E-state index is 6.85. The van der Waals surface area contributed by atoms with Gasteiger partial charge in [-0.15, -0.1) is 0 Å². The molecule has 3 nitrogen and oxygen atoms in total. The maximum absolute atomic E-state index is 6.85. The van der Waals surface area contributed by atoms with Crippen LogP contribution in [0, 0.1) is 0 Å². The highest BCUT2D eigenvalue weighted by atomic mass is 28.4. The number of rotatable bonds is 10. The van der Waals surface area contributed by atoms with Crippen LogP contribution in [0.1, 0.15) is 6.42 Å². The van der Waals surface area contributed by atoms with Gasteiger partial charge in [0.2, 0.25) is 8.32 Å². The second-order valence-corrected chi connectivity index (χ2v) is 13.3. The summed E-state index contributed by atoms with van der Waals surface area (Å²) < 4.78 is 17.8. The van der Waals surface area contributed by atoms with Crippen LogP contribution in [0.4, 0.5) is 0 Å². The van der Waals surface area contributed by atoms with Crippen molar-refractivity contribution >= 4 is 27.7 Å². The molecule has 0 bridgehead atoms. The lowest BCUT2D eigenvalue weighted by Gasteiger charge is -2.32. The van der Waals surface area contributed by atoms with Gasteiger partial charge in [-0.25, -0.2) is 0 Å². The topological polar surface area (TPSA) is 31.0 Å². The van der Waals surface area contributed by atoms with E-state index in [9.17, 15) is 0 Å². The third-order valence-corrected chi connectivity index (χ3v) is 12.4. The maximum Gasteiger partial charge on any atom is 0.209 e. The lowest BCUT2D eigenvalue weighted by Crippen LogP contribution is -2.53. The Kier molecular flexibility index (Phi) is 6.61. The quantitative estimate of drug-likeness (QED) is 0.365. The highest BCUT2D eigenvalue weighted by Crippen LogP contribution is 2.17. The smallest absolute Gasteiger partial charge is 0.209 e. The Morgan fingerprint density at radius 2 is 1.72 bits per heavy atom. The summed E-state index contributed by atoms with van der Waals surface area (Å²) >= 11 is 0. The molecule has 0 spiro atoms. The lowest BCUT2D eigenvalue weighted by atomic mass is 10.4. The average molecular weight is 373 g/mol. The third-order valence-electron chi connectivity index (χ3n) is 4.74. The van der Waals surface area contributed by atoms with E-state index in [1.54, 1.807) is 0 Å². The first-order valence-electron chi connectivity index (χ1n) is 9.15. The fraction of sp³-hybridized carbons (Fsp3) is 0.400. The Bertz CT molecular complexity index is 634. The van der Waals surface area contributed by atoms with Gasteiger partial charge in [0.1, 0.15) is 6.10 Å². The number of hydrogen-bond acceptors (Lipinski definition) is 3. The molecule has 1 fully saturated rings. The number of epoxide rings is 1. The fourth-order valence-electron chi connectivity index (χ4n) is 3.13. The van der Waals surface area contributed by atoms with E-state index < -0.39 is 17.4 Å². The van der Waals surface area contributed by atoms with E-state index in [1.807, 2.05) is 0 Å². The van der Waals surface area contributed by atoms with Crippen molar-refractivity contribution in [2.24, 2.45) is 0 Å². The first kappa shape index (κ1) is 18.5. The molecule has 2 aromatic rings. The van der Waals surface area contributed by atoms with Gasteiger partial charge in [0.25, 0.3) is 0 Å². The summed E-state index contributed by atoms with van der Waals surface area (Å²) in [4.78, 5) is 0. The van der Waals surface area contributed by atoms with Gasteiger partial charge in [-0.1, -0.05) is 60.7 Å².